The maximum absolute atomic E-state index is 13.0. The van der Waals surface area contributed by atoms with Crippen LogP contribution in [0.4, 0.5) is 15.9 Å². The minimum atomic E-state index is -0.413. The molecule has 1 aliphatic rings. The third-order valence-electron chi connectivity index (χ3n) is 4.58. The van der Waals surface area contributed by atoms with Crippen LogP contribution in [0.15, 0.2) is 53.3 Å². The summed E-state index contributed by atoms with van der Waals surface area (Å²) in [4.78, 5) is 27.3. The lowest BCUT2D eigenvalue weighted by molar-refractivity contribution is -0.117. The van der Waals surface area contributed by atoms with Gasteiger partial charge in [0.2, 0.25) is 5.91 Å². The van der Waals surface area contributed by atoms with Gasteiger partial charge in [-0.1, -0.05) is 18.2 Å². The monoisotopic (exact) mass is 382 g/mol. The second kappa shape index (κ2) is 7.77. The van der Waals surface area contributed by atoms with E-state index in [2.05, 4.69) is 15.3 Å². The van der Waals surface area contributed by atoms with Crippen molar-refractivity contribution in [1.82, 2.24) is 9.78 Å². The fraction of sp³-hybridized carbons (Fsp3) is 0.250. The summed E-state index contributed by atoms with van der Waals surface area (Å²) in [6, 6.07) is 12.7. The van der Waals surface area contributed by atoms with Crippen LogP contribution in [0.1, 0.15) is 0 Å². The molecule has 1 fully saturated rings. The molecule has 1 aliphatic heterocycles. The molecule has 3 aromatic rings. The molecule has 2 heterocycles. The number of fused-ring (bicyclic) bond motifs is 1. The Morgan fingerprint density at radius 1 is 1.07 bits per heavy atom. The Bertz CT molecular complexity index is 1060. The molecule has 0 radical (unpaired) electrons. The van der Waals surface area contributed by atoms with Crippen LogP contribution in [0.25, 0.3) is 10.8 Å². The second-order valence-corrected chi connectivity index (χ2v) is 6.49. The zero-order valence-corrected chi connectivity index (χ0v) is 15.1. The molecule has 1 saturated heterocycles. The number of ether oxygens (including phenoxy) is 1. The Morgan fingerprint density at radius 2 is 1.75 bits per heavy atom. The Kier molecular flexibility index (Phi) is 5.03. The van der Waals surface area contributed by atoms with E-state index in [4.69, 9.17) is 4.74 Å². The van der Waals surface area contributed by atoms with E-state index >= 15 is 0 Å². The Morgan fingerprint density at radius 3 is 2.46 bits per heavy atom. The van der Waals surface area contributed by atoms with Gasteiger partial charge in [0.15, 0.2) is 5.82 Å². The minimum Gasteiger partial charge on any atom is -0.378 e. The molecule has 8 heteroatoms. The van der Waals surface area contributed by atoms with Gasteiger partial charge in [-0.3, -0.25) is 9.59 Å². The van der Waals surface area contributed by atoms with Crippen LogP contribution in [0.3, 0.4) is 0 Å². The quantitative estimate of drug-likeness (QED) is 0.747. The van der Waals surface area contributed by atoms with E-state index in [1.807, 2.05) is 12.1 Å². The molecule has 2 aromatic carbocycles. The standard InChI is InChI=1S/C20H19FN4O3/c21-14-5-7-15(8-6-14)22-18(26)13-25-20(27)17-4-2-1-3-16(17)19(23-25)24-9-11-28-12-10-24/h1-8H,9-13H2,(H,22,26). The molecule has 0 bridgehead atoms. The summed E-state index contributed by atoms with van der Waals surface area (Å²) in [5.74, 6) is -0.141. The van der Waals surface area contributed by atoms with Crippen LogP contribution >= 0.6 is 0 Å². The highest BCUT2D eigenvalue weighted by molar-refractivity contribution is 5.93. The number of rotatable bonds is 4. The van der Waals surface area contributed by atoms with Gasteiger partial charge in [0.25, 0.3) is 5.56 Å². The van der Waals surface area contributed by atoms with Gasteiger partial charge in [-0.25, -0.2) is 9.07 Å². The van der Waals surface area contributed by atoms with Crippen LogP contribution in [0.2, 0.25) is 0 Å². The first-order chi connectivity index (χ1) is 13.6. The number of nitrogens with zero attached hydrogens (tertiary/aromatic N) is 3. The molecule has 0 saturated carbocycles. The van der Waals surface area contributed by atoms with Gasteiger partial charge >= 0.3 is 0 Å². The first-order valence-electron chi connectivity index (χ1n) is 9.00. The van der Waals surface area contributed by atoms with Crippen molar-refractivity contribution < 1.29 is 13.9 Å². The summed E-state index contributed by atoms with van der Waals surface area (Å²) in [5.41, 5.74) is 0.121. The summed E-state index contributed by atoms with van der Waals surface area (Å²) in [5, 5.41) is 8.39. The van der Waals surface area contributed by atoms with Gasteiger partial charge in [-0.15, -0.1) is 0 Å². The smallest absolute Gasteiger partial charge is 0.275 e. The third kappa shape index (κ3) is 3.72. The second-order valence-electron chi connectivity index (χ2n) is 6.49. The summed E-state index contributed by atoms with van der Waals surface area (Å²) in [6.45, 7) is 2.26. The lowest BCUT2D eigenvalue weighted by atomic mass is 10.1. The third-order valence-corrected chi connectivity index (χ3v) is 4.58. The summed E-state index contributed by atoms with van der Waals surface area (Å²) in [7, 11) is 0. The van der Waals surface area contributed by atoms with Crippen LogP contribution in [0.5, 0.6) is 0 Å². The molecule has 0 unspecified atom stereocenters. The predicted molar refractivity (Wildman–Crippen MR) is 104 cm³/mol. The van der Waals surface area contributed by atoms with Gasteiger partial charge in [0.05, 0.1) is 18.6 Å². The van der Waals surface area contributed by atoms with Crippen LogP contribution in [-0.2, 0) is 16.1 Å². The van der Waals surface area contributed by atoms with Crippen molar-refractivity contribution in [3.63, 3.8) is 0 Å². The van der Waals surface area contributed by atoms with Crippen molar-refractivity contribution in [3.8, 4) is 0 Å². The fourth-order valence-electron chi connectivity index (χ4n) is 3.20. The van der Waals surface area contributed by atoms with Crippen LogP contribution in [-0.4, -0.2) is 42.0 Å². The minimum absolute atomic E-state index is 0.238. The van der Waals surface area contributed by atoms with Crippen LogP contribution in [0, 0.1) is 5.82 Å². The molecule has 4 rings (SSSR count). The van der Waals surface area contributed by atoms with E-state index in [0.29, 0.717) is 43.2 Å². The average Bonchev–Trinajstić information content (AvgIpc) is 2.72. The van der Waals surface area contributed by atoms with Crippen LogP contribution < -0.4 is 15.8 Å². The summed E-state index contributed by atoms with van der Waals surface area (Å²) in [6.07, 6.45) is 0. The zero-order valence-electron chi connectivity index (χ0n) is 15.1. The Balaban J connectivity index is 1.66. The van der Waals surface area contributed by atoms with Crippen molar-refractivity contribution in [2.75, 3.05) is 36.5 Å². The molecule has 144 valence electrons. The van der Waals surface area contributed by atoms with Gasteiger partial charge in [-0.05, 0) is 30.3 Å². The molecule has 0 atom stereocenters. The van der Waals surface area contributed by atoms with Gasteiger partial charge in [0, 0.05) is 24.2 Å². The number of halogens is 1. The Labute approximate surface area is 160 Å². The number of amides is 1. The Hall–Kier alpha value is -3.26. The van der Waals surface area contributed by atoms with Gasteiger partial charge in [-0.2, -0.15) is 5.10 Å². The van der Waals surface area contributed by atoms with E-state index < -0.39 is 5.91 Å². The summed E-state index contributed by atoms with van der Waals surface area (Å²) < 4.78 is 19.6. The average molecular weight is 382 g/mol. The van der Waals surface area contributed by atoms with E-state index in [9.17, 15) is 14.0 Å². The van der Waals surface area contributed by atoms with Crippen molar-refractivity contribution in [1.29, 1.82) is 0 Å². The fourth-order valence-corrected chi connectivity index (χ4v) is 3.20. The highest BCUT2D eigenvalue weighted by atomic mass is 19.1. The SMILES string of the molecule is O=C(Cn1nc(N2CCOCC2)c2ccccc2c1=O)Nc1ccc(F)cc1. The lowest BCUT2D eigenvalue weighted by Gasteiger charge is -2.29. The maximum atomic E-state index is 13.0. The highest BCUT2D eigenvalue weighted by Crippen LogP contribution is 2.22. The molecule has 1 N–H and O–H groups in total. The zero-order chi connectivity index (χ0) is 19.5. The van der Waals surface area contributed by atoms with Gasteiger partial charge < -0.3 is 15.0 Å². The number of morpholine rings is 1. The number of hydrogen-bond acceptors (Lipinski definition) is 5. The number of carbonyl (C=O) groups is 1. The van der Waals surface area contributed by atoms with E-state index in [1.165, 1.54) is 28.9 Å². The van der Waals surface area contributed by atoms with Crippen molar-refractivity contribution >= 4 is 28.2 Å². The molecule has 1 aromatic heterocycles. The van der Waals surface area contributed by atoms with Crippen molar-refractivity contribution in [2.24, 2.45) is 0 Å². The van der Waals surface area contributed by atoms with Gasteiger partial charge in [0.1, 0.15) is 12.4 Å². The highest BCUT2D eigenvalue weighted by Gasteiger charge is 2.19. The first kappa shape index (κ1) is 18.1. The molecule has 1 amide bonds. The molecule has 0 aliphatic carbocycles. The molecule has 0 spiro atoms. The molecular weight excluding hydrogens is 363 g/mol. The number of anilines is 2. The topological polar surface area (TPSA) is 76.5 Å². The molecule has 7 nitrogen and oxygen atoms in total. The van der Waals surface area contributed by atoms with E-state index in [1.54, 1.807) is 12.1 Å². The predicted octanol–water partition coefficient (Wildman–Crippen LogP) is 2.01. The number of benzene rings is 2. The van der Waals surface area contributed by atoms with Crippen molar-refractivity contribution in [3.05, 3.63) is 64.7 Å². The number of hydrogen-bond donors (Lipinski definition) is 1. The maximum Gasteiger partial charge on any atom is 0.275 e. The number of nitrogens with one attached hydrogen (secondary N) is 1. The normalized spacial score (nSPS) is 14.2. The van der Waals surface area contributed by atoms with E-state index in [-0.39, 0.29) is 17.9 Å². The first-order valence-corrected chi connectivity index (χ1v) is 9.00. The summed E-state index contributed by atoms with van der Waals surface area (Å²) >= 11 is 0. The lowest BCUT2D eigenvalue weighted by Crippen LogP contribution is -2.39. The van der Waals surface area contributed by atoms with E-state index in [0.717, 1.165) is 5.39 Å². The molecule has 28 heavy (non-hydrogen) atoms. The number of aromatic nitrogens is 2. The van der Waals surface area contributed by atoms with Crippen molar-refractivity contribution in [2.45, 2.75) is 6.54 Å². The molecular formula is C20H19FN4O3. The number of carbonyl (C=O) groups excluding carboxylic acids is 1. The largest absolute Gasteiger partial charge is 0.378 e.